The number of nitrogens with one attached hydrogen (secondary N) is 1. The number of aryl methyl sites for hydroxylation is 1. The van der Waals surface area contributed by atoms with Crippen LogP contribution in [-0.4, -0.2) is 20.5 Å². The van der Waals surface area contributed by atoms with Crippen LogP contribution in [0.2, 0.25) is 0 Å². The lowest BCUT2D eigenvalue weighted by atomic mass is 10.3. The van der Waals surface area contributed by atoms with E-state index in [0.29, 0.717) is 11.8 Å². The van der Waals surface area contributed by atoms with E-state index in [-0.39, 0.29) is 11.5 Å². The predicted molar refractivity (Wildman–Crippen MR) is 50.2 cm³/mol. The summed E-state index contributed by atoms with van der Waals surface area (Å²) in [4.78, 5) is 12.1. The minimum atomic E-state index is 0.181. The van der Waals surface area contributed by atoms with Gasteiger partial charge < -0.3 is 11.1 Å². The molecule has 0 bridgehead atoms. The number of hydrogen-bond donors (Lipinski definition) is 2. The number of hydrogen-bond acceptors (Lipinski definition) is 5. The maximum absolute atomic E-state index is 5.50. The Kier molecular flexibility index (Phi) is 1.61. The first kappa shape index (κ1) is 8.22. The van der Waals surface area contributed by atoms with Gasteiger partial charge in [-0.25, -0.2) is 0 Å². The first-order chi connectivity index (χ1) is 6.07. The van der Waals surface area contributed by atoms with Crippen LogP contribution in [0.3, 0.4) is 0 Å². The van der Waals surface area contributed by atoms with Gasteiger partial charge in [-0.05, 0) is 26.7 Å². The van der Waals surface area contributed by atoms with E-state index < -0.39 is 0 Å². The number of nitrogens with two attached hydrogens (primary N) is 1. The molecule has 70 valence electrons. The summed E-state index contributed by atoms with van der Waals surface area (Å²) in [7, 11) is 0. The van der Waals surface area contributed by atoms with Crippen molar-refractivity contribution in [1.29, 1.82) is 0 Å². The second-order valence-electron chi connectivity index (χ2n) is 3.75. The molecule has 1 aliphatic rings. The lowest BCUT2D eigenvalue weighted by Gasteiger charge is -2.11. The van der Waals surface area contributed by atoms with Gasteiger partial charge in [-0.1, -0.05) is 0 Å². The van der Waals surface area contributed by atoms with Crippen molar-refractivity contribution in [3.8, 4) is 0 Å². The van der Waals surface area contributed by atoms with Gasteiger partial charge in [0.2, 0.25) is 11.9 Å². The number of rotatable bonds is 2. The average molecular weight is 179 g/mol. The molecule has 1 aromatic heterocycles. The highest BCUT2D eigenvalue weighted by Gasteiger charge is 2.37. The molecule has 0 aliphatic heterocycles. The molecule has 0 unspecified atom stereocenters. The highest BCUT2D eigenvalue weighted by atomic mass is 15.2. The monoisotopic (exact) mass is 179 g/mol. The van der Waals surface area contributed by atoms with Crippen molar-refractivity contribution >= 4 is 11.9 Å². The smallest absolute Gasteiger partial charge is 0.228 e. The highest BCUT2D eigenvalue weighted by Crippen LogP contribution is 2.37. The number of nitrogens with zero attached hydrogens (tertiary/aromatic N) is 3. The second kappa shape index (κ2) is 2.55. The van der Waals surface area contributed by atoms with Crippen molar-refractivity contribution in [2.45, 2.75) is 32.2 Å². The van der Waals surface area contributed by atoms with E-state index >= 15 is 0 Å². The van der Waals surface area contributed by atoms with E-state index in [4.69, 9.17) is 5.73 Å². The van der Waals surface area contributed by atoms with E-state index in [1.54, 1.807) is 6.92 Å². The van der Waals surface area contributed by atoms with Crippen molar-refractivity contribution in [1.82, 2.24) is 15.0 Å². The van der Waals surface area contributed by atoms with Crippen LogP contribution < -0.4 is 11.1 Å². The number of anilines is 2. The third-order valence-electron chi connectivity index (χ3n) is 2.18. The van der Waals surface area contributed by atoms with E-state index in [0.717, 1.165) is 12.8 Å². The molecule has 0 aromatic carbocycles. The second-order valence-corrected chi connectivity index (χ2v) is 3.75. The molecule has 1 aromatic rings. The zero-order chi connectivity index (χ0) is 9.47. The molecule has 0 saturated heterocycles. The summed E-state index contributed by atoms with van der Waals surface area (Å²) in [5.41, 5.74) is 5.68. The van der Waals surface area contributed by atoms with E-state index in [1.807, 2.05) is 0 Å². The zero-order valence-corrected chi connectivity index (χ0v) is 7.83. The first-order valence-corrected chi connectivity index (χ1v) is 4.34. The largest absolute Gasteiger partial charge is 0.368 e. The summed E-state index contributed by atoms with van der Waals surface area (Å²) < 4.78 is 0. The normalized spacial score (nSPS) is 18.3. The lowest BCUT2D eigenvalue weighted by Crippen LogP contribution is -2.19. The van der Waals surface area contributed by atoms with Crippen molar-refractivity contribution in [2.24, 2.45) is 0 Å². The summed E-state index contributed by atoms with van der Waals surface area (Å²) in [5, 5.41) is 3.23. The van der Waals surface area contributed by atoms with Crippen LogP contribution >= 0.6 is 0 Å². The summed E-state index contributed by atoms with van der Waals surface area (Å²) in [6, 6.07) is 0. The maximum atomic E-state index is 5.50. The number of aromatic nitrogens is 3. The minimum absolute atomic E-state index is 0.181. The van der Waals surface area contributed by atoms with Crippen LogP contribution in [0.25, 0.3) is 0 Å². The van der Waals surface area contributed by atoms with Crippen LogP contribution in [-0.2, 0) is 0 Å². The van der Waals surface area contributed by atoms with Gasteiger partial charge in [-0.3, -0.25) is 0 Å². The SMILES string of the molecule is Cc1nc(N)nc(NC2(C)CC2)n1. The van der Waals surface area contributed by atoms with Gasteiger partial charge in [-0.15, -0.1) is 0 Å². The molecular formula is C8H13N5. The minimum Gasteiger partial charge on any atom is -0.368 e. The van der Waals surface area contributed by atoms with Gasteiger partial charge in [0.15, 0.2) is 0 Å². The summed E-state index contributed by atoms with van der Waals surface area (Å²) in [5.74, 6) is 1.52. The molecular weight excluding hydrogens is 166 g/mol. The molecule has 1 fully saturated rings. The van der Waals surface area contributed by atoms with E-state index in [2.05, 4.69) is 27.2 Å². The van der Waals surface area contributed by atoms with Crippen molar-refractivity contribution in [3.63, 3.8) is 0 Å². The molecule has 1 heterocycles. The standard InChI is InChI=1S/C8H13N5/c1-5-10-6(9)12-7(11-5)13-8(2)3-4-8/h3-4H2,1-2H3,(H3,9,10,11,12,13). The predicted octanol–water partition coefficient (Wildman–Crippen LogP) is 0.727. The van der Waals surface area contributed by atoms with Crippen molar-refractivity contribution < 1.29 is 0 Å². The molecule has 0 spiro atoms. The van der Waals surface area contributed by atoms with Gasteiger partial charge >= 0.3 is 0 Å². The Hall–Kier alpha value is -1.39. The number of nitrogen functional groups attached to an aromatic ring is 1. The first-order valence-electron chi connectivity index (χ1n) is 4.34. The Morgan fingerprint density at radius 3 is 2.54 bits per heavy atom. The van der Waals surface area contributed by atoms with Crippen molar-refractivity contribution in [3.05, 3.63) is 5.82 Å². The maximum Gasteiger partial charge on any atom is 0.228 e. The summed E-state index contributed by atoms with van der Waals surface area (Å²) in [6.07, 6.45) is 2.33. The van der Waals surface area contributed by atoms with Gasteiger partial charge in [0, 0.05) is 5.54 Å². The van der Waals surface area contributed by atoms with Gasteiger partial charge in [0.05, 0.1) is 0 Å². The fraction of sp³-hybridized carbons (Fsp3) is 0.625. The molecule has 3 N–H and O–H groups in total. The summed E-state index contributed by atoms with van der Waals surface area (Å²) in [6.45, 7) is 3.95. The lowest BCUT2D eigenvalue weighted by molar-refractivity contribution is 0.802. The highest BCUT2D eigenvalue weighted by molar-refractivity contribution is 5.36. The molecule has 5 nitrogen and oxygen atoms in total. The van der Waals surface area contributed by atoms with Crippen molar-refractivity contribution in [2.75, 3.05) is 11.1 Å². The van der Waals surface area contributed by atoms with E-state index in [1.165, 1.54) is 0 Å². The molecule has 0 radical (unpaired) electrons. The van der Waals surface area contributed by atoms with Crippen LogP contribution in [0.15, 0.2) is 0 Å². The fourth-order valence-corrected chi connectivity index (χ4v) is 1.14. The zero-order valence-electron chi connectivity index (χ0n) is 7.83. The van der Waals surface area contributed by atoms with Gasteiger partial charge in [-0.2, -0.15) is 15.0 Å². The Morgan fingerprint density at radius 2 is 2.00 bits per heavy atom. The van der Waals surface area contributed by atoms with E-state index in [9.17, 15) is 0 Å². The Labute approximate surface area is 76.8 Å². The Balaban J connectivity index is 2.20. The average Bonchev–Trinajstić information content (AvgIpc) is 2.64. The third-order valence-corrected chi connectivity index (χ3v) is 2.18. The van der Waals surface area contributed by atoms with Crippen LogP contribution in [0.1, 0.15) is 25.6 Å². The van der Waals surface area contributed by atoms with Gasteiger partial charge in [0.1, 0.15) is 5.82 Å². The molecule has 1 aliphatic carbocycles. The molecule has 13 heavy (non-hydrogen) atoms. The molecule has 0 amide bonds. The van der Waals surface area contributed by atoms with Crippen LogP contribution in [0, 0.1) is 6.92 Å². The topological polar surface area (TPSA) is 76.7 Å². The van der Waals surface area contributed by atoms with Crippen LogP contribution in [0.4, 0.5) is 11.9 Å². The van der Waals surface area contributed by atoms with Crippen LogP contribution in [0.5, 0.6) is 0 Å². The molecule has 1 saturated carbocycles. The Bertz CT molecular complexity index is 311. The van der Waals surface area contributed by atoms with Gasteiger partial charge in [0.25, 0.3) is 0 Å². The summed E-state index contributed by atoms with van der Waals surface area (Å²) >= 11 is 0. The molecule has 0 atom stereocenters. The third kappa shape index (κ3) is 1.85. The Morgan fingerprint density at radius 1 is 1.31 bits per heavy atom. The molecule has 2 rings (SSSR count). The molecule has 5 heteroatoms. The quantitative estimate of drug-likeness (QED) is 0.699. The fourth-order valence-electron chi connectivity index (χ4n) is 1.14.